The van der Waals surface area contributed by atoms with Gasteiger partial charge in [-0.2, -0.15) is 5.10 Å². The molecule has 1 unspecified atom stereocenters. The molecule has 1 atom stereocenters. The number of hydrogen-bond acceptors (Lipinski definition) is 6. The second-order valence-electron chi connectivity index (χ2n) is 4.35. The Balaban J connectivity index is 2.30. The summed E-state index contributed by atoms with van der Waals surface area (Å²) in [5, 5.41) is 16.7. The molecule has 7 nitrogen and oxygen atoms in total. The number of aliphatic hydroxyl groups excluding tert-OH is 1. The Bertz CT molecular complexity index is 472. The van der Waals surface area contributed by atoms with E-state index in [-0.39, 0.29) is 4.90 Å². The molecule has 0 bridgehead atoms. The van der Waals surface area contributed by atoms with Gasteiger partial charge in [-0.1, -0.05) is 0 Å². The Labute approximate surface area is 113 Å². The van der Waals surface area contributed by atoms with E-state index in [1.807, 2.05) is 0 Å². The van der Waals surface area contributed by atoms with E-state index in [9.17, 15) is 13.5 Å². The normalized spacial score (nSPS) is 13.6. The van der Waals surface area contributed by atoms with E-state index in [1.165, 1.54) is 17.1 Å². The lowest BCUT2D eigenvalue weighted by molar-refractivity contribution is 0.146. The van der Waals surface area contributed by atoms with Crippen LogP contribution in [0.2, 0.25) is 0 Å². The van der Waals surface area contributed by atoms with E-state index >= 15 is 0 Å². The highest BCUT2D eigenvalue weighted by atomic mass is 32.2. The third kappa shape index (κ3) is 6.15. The fraction of sp³-hybridized carbons (Fsp3) is 0.727. The fourth-order valence-corrected chi connectivity index (χ4v) is 2.04. The molecule has 1 heterocycles. The number of nitrogens with one attached hydrogen (secondary N) is 1. The number of nitrogens with zero attached hydrogens (tertiary/aromatic N) is 2. The van der Waals surface area contributed by atoms with Crippen LogP contribution in [-0.2, 0) is 21.1 Å². The number of hydrogen-bond donors (Lipinski definition) is 2. The SMILES string of the molecule is COCCNCC(O)CCn1cc(S(C)(=O)=O)cn1. The minimum atomic E-state index is -3.21. The van der Waals surface area contributed by atoms with Crippen molar-refractivity contribution in [2.24, 2.45) is 0 Å². The molecule has 19 heavy (non-hydrogen) atoms. The van der Waals surface area contributed by atoms with Gasteiger partial charge in [0.15, 0.2) is 9.84 Å². The Morgan fingerprint density at radius 2 is 2.32 bits per heavy atom. The van der Waals surface area contributed by atoms with Crippen LogP contribution in [-0.4, -0.2) is 62.5 Å². The summed E-state index contributed by atoms with van der Waals surface area (Å²) in [6.07, 6.45) is 3.94. The number of methoxy groups -OCH3 is 1. The molecular formula is C11H21N3O4S. The lowest BCUT2D eigenvalue weighted by Gasteiger charge is -2.11. The van der Waals surface area contributed by atoms with E-state index in [0.717, 1.165) is 6.26 Å². The van der Waals surface area contributed by atoms with Gasteiger partial charge in [0.1, 0.15) is 4.90 Å². The van der Waals surface area contributed by atoms with Crippen LogP contribution in [0.4, 0.5) is 0 Å². The summed E-state index contributed by atoms with van der Waals surface area (Å²) in [7, 11) is -1.59. The lowest BCUT2D eigenvalue weighted by atomic mass is 10.2. The first-order chi connectivity index (χ1) is 8.93. The van der Waals surface area contributed by atoms with Gasteiger partial charge in [0, 0.05) is 39.2 Å². The highest BCUT2D eigenvalue weighted by molar-refractivity contribution is 7.90. The first-order valence-electron chi connectivity index (χ1n) is 6.03. The van der Waals surface area contributed by atoms with Gasteiger partial charge in [0.2, 0.25) is 0 Å². The Morgan fingerprint density at radius 1 is 1.58 bits per heavy atom. The van der Waals surface area contributed by atoms with Crippen LogP contribution in [0.3, 0.4) is 0 Å². The van der Waals surface area contributed by atoms with Gasteiger partial charge < -0.3 is 15.2 Å². The molecule has 0 aliphatic heterocycles. The molecule has 0 radical (unpaired) electrons. The molecule has 1 aromatic rings. The molecule has 110 valence electrons. The van der Waals surface area contributed by atoms with Gasteiger partial charge in [-0.25, -0.2) is 8.42 Å². The highest BCUT2D eigenvalue weighted by Crippen LogP contribution is 2.07. The quantitative estimate of drug-likeness (QED) is 0.583. The van der Waals surface area contributed by atoms with Crippen molar-refractivity contribution in [2.75, 3.05) is 33.1 Å². The van der Waals surface area contributed by atoms with Gasteiger partial charge in [-0.15, -0.1) is 0 Å². The van der Waals surface area contributed by atoms with Crippen molar-refractivity contribution in [1.29, 1.82) is 0 Å². The number of ether oxygens (including phenoxy) is 1. The molecule has 1 aromatic heterocycles. The van der Waals surface area contributed by atoms with Crippen molar-refractivity contribution >= 4 is 9.84 Å². The summed E-state index contributed by atoms with van der Waals surface area (Å²) in [5.41, 5.74) is 0. The van der Waals surface area contributed by atoms with E-state index in [2.05, 4.69) is 10.4 Å². The first-order valence-corrected chi connectivity index (χ1v) is 7.93. The maximum absolute atomic E-state index is 11.3. The summed E-state index contributed by atoms with van der Waals surface area (Å²) in [6, 6.07) is 0. The van der Waals surface area contributed by atoms with Crippen molar-refractivity contribution in [1.82, 2.24) is 15.1 Å². The van der Waals surface area contributed by atoms with Gasteiger partial charge in [0.25, 0.3) is 0 Å². The number of aryl methyl sites for hydroxylation is 1. The van der Waals surface area contributed by atoms with Gasteiger partial charge in [-0.05, 0) is 6.42 Å². The molecule has 0 amide bonds. The predicted molar refractivity (Wildman–Crippen MR) is 70.7 cm³/mol. The third-order valence-electron chi connectivity index (χ3n) is 2.59. The predicted octanol–water partition coefficient (Wildman–Crippen LogP) is -0.726. The number of aliphatic hydroxyl groups is 1. The zero-order chi connectivity index (χ0) is 14.3. The lowest BCUT2D eigenvalue weighted by Crippen LogP contribution is -2.30. The second-order valence-corrected chi connectivity index (χ2v) is 6.37. The smallest absolute Gasteiger partial charge is 0.178 e. The Hall–Kier alpha value is -0.960. The average molecular weight is 291 g/mol. The van der Waals surface area contributed by atoms with Crippen LogP contribution in [0.1, 0.15) is 6.42 Å². The molecule has 0 aliphatic rings. The van der Waals surface area contributed by atoms with Gasteiger partial charge in [0.05, 0.1) is 18.9 Å². The monoisotopic (exact) mass is 291 g/mol. The maximum Gasteiger partial charge on any atom is 0.178 e. The minimum absolute atomic E-state index is 0.195. The zero-order valence-corrected chi connectivity index (χ0v) is 12.1. The molecule has 0 aromatic carbocycles. The van der Waals surface area contributed by atoms with Gasteiger partial charge >= 0.3 is 0 Å². The number of rotatable bonds is 9. The summed E-state index contributed by atoms with van der Waals surface area (Å²) in [6.45, 7) is 2.24. The van der Waals surface area contributed by atoms with Crippen molar-refractivity contribution in [3.05, 3.63) is 12.4 Å². The number of aromatic nitrogens is 2. The Morgan fingerprint density at radius 3 is 2.89 bits per heavy atom. The van der Waals surface area contributed by atoms with E-state index in [0.29, 0.717) is 32.7 Å². The summed E-state index contributed by atoms with van der Waals surface area (Å²) in [5.74, 6) is 0. The molecular weight excluding hydrogens is 270 g/mol. The van der Waals surface area contributed by atoms with Crippen LogP contribution in [0.5, 0.6) is 0 Å². The highest BCUT2D eigenvalue weighted by Gasteiger charge is 2.10. The van der Waals surface area contributed by atoms with Crippen molar-refractivity contribution in [2.45, 2.75) is 24.0 Å². The first kappa shape index (κ1) is 16.1. The van der Waals surface area contributed by atoms with Crippen LogP contribution in [0.25, 0.3) is 0 Å². The maximum atomic E-state index is 11.3. The van der Waals surface area contributed by atoms with E-state index in [1.54, 1.807) is 7.11 Å². The molecule has 2 N–H and O–H groups in total. The van der Waals surface area contributed by atoms with E-state index in [4.69, 9.17) is 4.74 Å². The molecule has 8 heteroatoms. The molecule has 0 fully saturated rings. The molecule has 0 aliphatic carbocycles. The molecule has 0 saturated carbocycles. The summed E-state index contributed by atoms with van der Waals surface area (Å²) < 4.78 is 28.9. The van der Waals surface area contributed by atoms with Crippen molar-refractivity contribution in [3.63, 3.8) is 0 Å². The zero-order valence-electron chi connectivity index (χ0n) is 11.2. The summed E-state index contributed by atoms with van der Waals surface area (Å²) in [4.78, 5) is 0.195. The molecule has 0 spiro atoms. The Kier molecular flexibility index (Phi) is 6.43. The number of sulfone groups is 1. The molecule has 0 saturated heterocycles. The van der Waals surface area contributed by atoms with Crippen LogP contribution in [0.15, 0.2) is 17.3 Å². The largest absolute Gasteiger partial charge is 0.392 e. The standard InChI is InChI=1S/C11H21N3O4S/c1-18-6-4-12-7-10(15)3-5-14-9-11(8-13-14)19(2,16)17/h8-10,12,15H,3-7H2,1-2H3. The van der Waals surface area contributed by atoms with Crippen LogP contribution in [0, 0.1) is 0 Å². The second kappa shape index (κ2) is 7.59. The average Bonchev–Trinajstić information content (AvgIpc) is 2.81. The van der Waals surface area contributed by atoms with Crippen molar-refractivity contribution in [3.8, 4) is 0 Å². The van der Waals surface area contributed by atoms with Gasteiger partial charge in [-0.3, -0.25) is 4.68 Å². The fourth-order valence-electron chi connectivity index (χ4n) is 1.48. The summed E-state index contributed by atoms with van der Waals surface area (Å²) >= 11 is 0. The third-order valence-corrected chi connectivity index (χ3v) is 3.66. The van der Waals surface area contributed by atoms with E-state index < -0.39 is 15.9 Å². The van der Waals surface area contributed by atoms with Crippen LogP contribution >= 0.6 is 0 Å². The van der Waals surface area contributed by atoms with Crippen LogP contribution < -0.4 is 5.32 Å². The van der Waals surface area contributed by atoms with Crippen molar-refractivity contribution < 1.29 is 18.3 Å². The molecule has 1 rings (SSSR count). The topological polar surface area (TPSA) is 93.5 Å². The minimum Gasteiger partial charge on any atom is -0.392 e.